The minimum atomic E-state index is -0.620. The molecule has 7 heteroatoms. The van der Waals surface area contributed by atoms with Crippen LogP contribution in [0.1, 0.15) is 49.5 Å². The lowest BCUT2D eigenvalue weighted by atomic mass is 10.1. The molecule has 0 unspecified atom stereocenters. The number of rotatable bonds is 8. The van der Waals surface area contributed by atoms with E-state index in [9.17, 15) is 14.4 Å². The van der Waals surface area contributed by atoms with Gasteiger partial charge in [0.25, 0.3) is 5.91 Å². The molecule has 0 aromatic heterocycles. The Morgan fingerprint density at radius 2 is 1.56 bits per heavy atom. The predicted octanol–water partition coefficient (Wildman–Crippen LogP) is 5.05. The minimum Gasteiger partial charge on any atom is -0.444 e. The van der Waals surface area contributed by atoms with Gasteiger partial charge in [0, 0.05) is 12.1 Å². The van der Waals surface area contributed by atoms with Crippen LogP contribution >= 0.6 is 0 Å². The number of hydrogen-bond donors (Lipinski definition) is 3. The van der Waals surface area contributed by atoms with Crippen molar-refractivity contribution in [1.29, 1.82) is 0 Å². The lowest BCUT2D eigenvalue weighted by molar-refractivity contribution is -0.111. The SMILES string of the molecule is Cc1ccc(C(=O)NCCC/C=C/C(=O)Nc2ccccc2NC(=O)OC(C)(C)C)cc1. The maximum atomic E-state index is 12.2. The molecule has 0 heterocycles. The van der Waals surface area contributed by atoms with Crippen LogP contribution < -0.4 is 16.0 Å². The van der Waals surface area contributed by atoms with Crippen LogP contribution in [0.4, 0.5) is 16.2 Å². The molecule has 0 bridgehead atoms. The molecule has 32 heavy (non-hydrogen) atoms. The third kappa shape index (κ3) is 9.04. The first-order valence-corrected chi connectivity index (χ1v) is 10.6. The van der Waals surface area contributed by atoms with Gasteiger partial charge in [-0.3, -0.25) is 14.9 Å². The Labute approximate surface area is 189 Å². The van der Waals surface area contributed by atoms with E-state index in [1.807, 2.05) is 19.1 Å². The molecular weight excluding hydrogens is 406 g/mol. The number of allylic oxidation sites excluding steroid dienone is 1. The molecule has 0 saturated carbocycles. The van der Waals surface area contributed by atoms with Crippen LogP contribution in [0.25, 0.3) is 0 Å². The third-order valence-corrected chi connectivity index (χ3v) is 4.24. The van der Waals surface area contributed by atoms with Gasteiger partial charge in [-0.25, -0.2) is 4.79 Å². The molecule has 2 rings (SSSR count). The van der Waals surface area contributed by atoms with E-state index in [0.717, 1.165) is 5.56 Å². The molecule has 0 aliphatic carbocycles. The molecule has 0 aliphatic rings. The van der Waals surface area contributed by atoms with Crippen LogP contribution in [0, 0.1) is 6.92 Å². The summed E-state index contributed by atoms with van der Waals surface area (Å²) in [4.78, 5) is 36.3. The van der Waals surface area contributed by atoms with Crippen molar-refractivity contribution in [2.24, 2.45) is 0 Å². The topological polar surface area (TPSA) is 96.5 Å². The van der Waals surface area contributed by atoms with Crippen LogP contribution in [0.2, 0.25) is 0 Å². The van der Waals surface area contributed by atoms with Gasteiger partial charge in [-0.15, -0.1) is 0 Å². The van der Waals surface area contributed by atoms with Gasteiger partial charge < -0.3 is 15.4 Å². The number of anilines is 2. The van der Waals surface area contributed by atoms with E-state index in [0.29, 0.717) is 36.3 Å². The summed E-state index contributed by atoms with van der Waals surface area (Å²) >= 11 is 0. The number of unbranched alkanes of at least 4 members (excludes halogenated alkanes) is 1. The van der Waals surface area contributed by atoms with Crippen LogP contribution in [-0.2, 0) is 9.53 Å². The average Bonchev–Trinajstić information content (AvgIpc) is 2.71. The van der Waals surface area contributed by atoms with E-state index in [2.05, 4.69) is 16.0 Å². The predicted molar refractivity (Wildman–Crippen MR) is 127 cm³/mol. The molecule has 3 amide bonds. The zero-order valence-corrected chi connectivity index (χ0v) is 19.0. The third-order valence-electron chi connectivity index (χ3n) is 4.24. The van der Waals surface area contributed by atoms with Crippen molar-refractivity contribution in [3.63, 3.8) is 0 Å². The highest BCUT2D eigenvalue weighted by molar-refractivity contribution is 6.03. The average molecular weight is 438 g/mol. The molecule has 2 aromatic carbocycles. The van der Waals surface area contributed by atoms with Crippen LogP contribution in [0.5, 0.6) is 0 Å². The molecule has 7 nitrogen and oxygen atoms in total. The number of hydrogen-bond acceptors (Lipinski definition) is 4. The van der Waals surface area contributed by atoms with Gasteiger partial charge in [-0.2, -0.15) is 0 Å². The van der Waals surface area contributed by atoms with Crippen molar-refractivity contribution >= 4 is 29.3 Å². The standard InChI is InChI=1S/C25H31N3O4/c1-18-13-15-19(16-14-18)23(30)26-17-9-5-6-12-22(29)27-20-10-7-8-11-21(20)28-24(31)32-25(2,3)4/h6-8,10-16H,5,9,17H2,1-4H3,(H,26,30)(H,27,29)(H,28,31)/b12-6+. The Kier molecular flexibility index (Phi) is 9.01. The summed E-state index contributed by atoms with van der Waals surface area (Å²) in [6.07, 6.45) is 3.93. The van der Waals surface area contributed by atoms with E-state index < -0.39 is 11.7 Å². The van der Waals surface area contributed by atoms with Crippen molar-refractivity contribution in [2.75, 3.05) is 17.2 Å². The second kappa shape index (κ2) is 11.7. The summed E-state index contributed by atoms with van der Waals surface area (Å²) in [6, 6.07) is 14.3. The Hall–Kier alpha value is -3.61. The number of amides is 3. The van der Waals surface area contributed by atoms with E-state index >= 15 is 0 Å². The summed E-state index contributed by atoms with van der Waals surface area (Å²) in [5.74, 6) is -0.423. The fourth-order valence-electron chi connectivity index (χ4n) is 2.71. The summed E-state index contributed by atoms with van der Waals surface area (Å²) in [5, 5.41) is 8.25. The highest BCUT2D eigenvalue weighted by Gasteiger charge is 2.17. The fraction of sp³-hybridized carbons (Fsp3) is 0.320. The number of aryl methyl sites for hydroxylation is 1. The van der Waals surface area contributed by atoms with Gasteiger partial charge in [0.2, 0.25) is 5.91 Å². The van der Waals surface area contributed by atoms with Gasteiger partial charge >= 0.3 is 6.09 Å². The Balaban J connectivity index is 1.76. The second-order valence-corrected chi connectivity index (χ2v) is 8.33. The van der Waals surface area contributed by atoms with Crippen LogP contribution in [0.15, 0.2) is 60.7 Å². The first-order chi connectivity index (χ1) is 15.1. The summed E-state index contributed by atoms with van der Waals surface area (Å²) in [7, 11) is 0. The highest BCUT2D eigenvalue weighted by atomic mass is 16.6. The smallest absolute Gasteiger partial charge is 0.412 e. The zero-order chi connectivity index (χ0) is 23.6. The lowest BCUT2D eigenvalue weighted by Crippen LogP contribution is -2.27. The van der Waals surface area contributed by atoms with Crippen LogP contribution in [-0.4, -0.2) is 30.1 Å². The van der Waals surface area contributed by atoms with Crippen LogP contribution in [0.3, 0.4) is 0 Å². The van der Waals surface area contributed by atoms with Crippen molar-refractivity contribution in [3.05, 3.63) is 71.8 Å². The molecular formula is C25H31N3O4. The van der Waals surface area contributed by atoms with Gasteiger partial charge in [0.1, 0.15) is 5.60 Å². The largest absolute Gasteiger partial charge is 0.444 e. The maximum Gasteiger partial charge on any atom is 0.412 e. The van der Waals surface area contributed by atoms with Gasteiger partial charge in [-0.05, 0) is 70.9 Å². The van der Waals surface area contributed by atoms with E-state index in [-0.39, 0.29) is 11.8 Å². The molecule has 0 radical (unpaired) electrons. The van der Waals surface area contributed by atoms with Gasteiger partial charge in [-0.1, -0.05) is 35.9 Å². The van der Waals surface area contributed by atoms with E-state index in [1.165, 1.54) is 6.08 Å². The number of carbonyl (C=O) groups excluding carboxylic acids is 3. The molecule has 0 atom stereocenters. The summed E-state index contributed by atoms with van der Waals surface area (Å²) < 4.78 is 5.25. The minimum absolute atomic E-state index is 0.110. The first-order valence-electron chi connectivity index (χ1n) is 10.6. The van der Waals surface area contributed by atoms with Gasteiger partial charge in [0.05, 0.1) is 11.4 Å². The van der Waals surface area contributed by atoms with E-state index in [4.69, 9.17) is 4.74 Å². The fourth-order valence-corrected chi connectivity index (χ4v) is 2.71. The monoisotopic (exact) mass is 437 g/mol. The molecule has 0 saturated heterocycles. The zero-order valence-electron chi connectivity index (χ0n) is 19.0. The second-order valence-electron chi connectivity index (χ2n) is 8.33. The number of nitrogens with one attached hydrogen (secondary N) is 3. The lowest BCUT2D eigenvalue weighted by Gasteiger charge is -2.20. The highest BCUT2D eigenvalue weighted by Crippen LogP contribution is 2.22. The first kappa shape index (κ1) is 24.7. The van der Waals surface area contributed by atoms with Crippen molar-refractivity contribution in [3.8, 4) is 0 Å². The molecule has 170 valence electrons. The molecule has 3 N–H and O–H groups in total. The van der Waals surface area contributed by atoms with Crippen molar-refractivity contribution in [1.82, 2.24) is 5.32 Å². The summed E-state index contributed by atoms with van der Waals surface area (Å²) in [6.45, 7) is 7.82. The molecule has 0 aliphatic heterocycles. The maximum absolute atomic E-state index is 12.2. The Morgan fingerprint density at radius 3 is 2.19 bits per heavy atom. The molecule has 0 fully saturated rings. The van der Waals surface area contributed by atoms with Crippen molar-refractivity contribution in [2.45, 2.75) is 46.1 Å². The number of ether oxygens (including phenoxy) is 1. The number of carbonyl (C=O) groups is 3. The Bertz CT molecular complexity index is 960. The Morgan fingerprint density at radius 1 is 0.938 bits per heavy atom. The normalized spacial score (nSPS) is 11.1. The van der Waals surface area contributed by atoms with Gasteiger partial charge in [0.15, 0.2) is 0 Å². The number of para-hydroxylation sites is 2. The quantitative estimate of drug-likeness (QED) is 0.398. The number of benzene rings is 2. The van der Waals surface area contributed by atoms with Crippen molar-refractivity contribution < 1.29 is 19.1 Å². The summed E-state index contributed by atoms with van der Waals surface area (Å²) in [5.41, 5.74) is 2.03. The van der Waals surface area contributed by atoms with E-state index in [1.54, 1.807) is 63.2 Å². The molecule has 0 spiro atoms. The molecule has 2 aromatic rings.